The summed E-state index contributed by atoms with van der Waals surface area (Å²) in [6.45, 7) is 0. The molecule has 1 atom stereocenters. The molecule has 0 aliphatic rings. The van der Waals surface area contributed by atoms with Gasteiger partial charge in [-0.3, -0.25) is 14.3 Å². The van der Waals surface area contributed by atoms with Crippen LogP contribution in [0.1, 0.15) is 5.56 Å². The van der Waals surface area contributed by atoms with Crippen molar-refractivity contribution in [3.05, 3.63) is 62.1 Å². The third-order valence-electron chi connectivity index (χ3n) is 2.75. The summed E-state index contributed by atoms with van der Waals surface area (Å²) < 4.78 is 12.3. The molecule has 0 amide bonds. The van der Waals surface area contributed by atoms with Crippen LogP contribution < -0.4 is 5.73 Å². The third kappa shape index (κ3) is 3.72. The summed E-state index contributed by atoms with van der Waals surface area (Å²) >= 11 is 11.5. The van der Waals surface area contributed by atoms with E-state index in [9.17, 15) is 14.3 Å². The second-order valence-electron chi connectivity index (χ2n) is 4.20. The molecule has 110 valence electrons. The molecule has 0 aliphatic heterocycles. The van der Waals surface area contributed by atoms with Gasteiger partial charge in [-0.2, -0.15) is 0 Å². The molecular formula is C13H10Cl2N2O3S. The average Bonchev–Trinajstić information content (AvgIpc) is 2.40. The van der Waals surface area contributed by atoms with E-state index in [1.54, 1.807) is 12.1 Å². The van der Waals surface area contributed by atoms with E-state index in [-0.39, 0.29) is 22.2 Å². The minimum absolute atomic E-state index is 0.0285. The SMILES string of the molecule is Nc1cc(Cl)ccc1S(=O)Cc1ccc(Cl)cc1[N+](=O)[O-]. The first-order chi connectivity index (χ1) is 9.88. The number of halogens is 2. The lowest BCUT2D eigenvalue weighted by Crippen LogP contribution is -2.03. The molecule has 0 radical (unpaired) electrons. The normalized spacial score (nSPS) is 12.1. The fourth-order valence-corrected chi connectivity index (χ4v) is 3.35. The highest BCUT2D eigenvalue weighted by atomic mass is 35.5. The third-order valence-corrected chi connectivity index (χ3v) is 4.65. The van der Waals surface area contributed by atoms with Crippen LogP contribution in [-0.4, -0.2) is 9.13 Å². The highest BCUT2D eigenvalue weighted by Crippen LogP contribution is 2.28. The molecule has 0 bridgehead atoms. The van der Waals surface area contributed by atoms with E-state index in [1.165, 1.54) is 24.3 Å². The molecule has 0 saturated carbocycles. The molecule has 0 aromatic heterocycles. The summed E-state index contributed by atoms with van der Waals surface area (Å²) in [6.07, 6.45) is 0. The molecule has 0 spiro atoms. The maximum absolute atomic E-state index is 12.3. The van der Waals surface area contributed by atoms with E-state index in [0.717, 1.165) is 0 Å². The number of nitrogens with two attached hydrogens (primary N) is 1. The molecule has 0 heterocycles. The van der Waals surface area contributed by atoms with Gasteiger partial charge in [0.2, 0.25) is 0 Å². The van der Waals surface area contributed by atoms with Gasteiger partial charge in [0.1, 0.15) is 0 Å². The average molecular weight is 345 g/mol. The first-order valence-corrected chi connectivity index (χ1v) is 7.82. The summed E-state index contributed by atoms with van der Waals surface area (Å²) in [5, 5.41) is 11.7. The topological polar surface area (TPSA) is 86.2 Å². The van der Waals surface area contributed by atoms with Gasteiger partial charge in [-0.15, -0.1) is 0 Å². The van der Waals surface area contributed by atoms with Crippen molar-refractivity contribution in [2.45, 2.75) is 10.6 Å². The number of nitro groups is 1. The van der Waals surface area contributed by atoms with Crippen molar-refractivity contribution in [1.82, 2.24) is 0 Å². The number of rotatable bonds is 4. The van der Waals surface area contributed by atoms with Gasteiger partial charge in [0, 0.05) is 27.4 Å². The van der Waals surface area contributed by atoms with Crippen molar-refractivity contribution >= 4 is 45.4 Å². The first-order valence-electron chi connectivity index (χ1n) is 5.74. The van der Waals surface area contributed by atoms with Crippen LogP contribution in [0.5, 0.6) is 0 Å². The number of benzene rings is 2. The second-order valence-corrected chi connectivity index (χ2v) is 6.49. The van der Waals surface area contributed by atoms with Gasteiger partial charge in [-0.25, -0.2) is 0 Å². The summed E-state index contributed by atoms with van der Waals surface area (Å²) in [4.78, 5) is 10.8. The molecular weight excluding hydrogens is 335 g/mol. The lowest BCUT2D eigenvalue weighted by atomic mass is 10.2. The van der Waals surface area contributed by atoms with Crippen molar-refractivity contribution in [2.75, 3.05) is 5.73 Å². The molecule has 5 nitrogen and oxygen atoms in total. The molecule has 0 fully saturated rings. The van der Waals surface area contributed by atoms with Crippen molar-refractivity contribution in [2.24, 2.45) is 0 Å². The predicted molar refractivity (Wildman–Crippen MR) is 84.1 cm³/mol. The predicted octanol–water partition coefficient (Wildman–Crippen LogP) is 3.79. The Kier molecular flexibility index (Phi) is 4.82. The molecule has 8 heteroatoms. The Morgan fingerprint density at radius 3 is 2.38 bits per heavy atom. The monoisotopic (exact) mass is 344 g/mol. The quantitative estimate of drug-likeness (QED) is 0.519. The molecule has 2 aromatic carbocycles. The summed E-state index contributed by atoms with van der Waals surface area (Å²) in [7, 11) is -1.52. The van der Waals surface area contributed by atoms with E-state index >= 15 is 0 Å². The van der Waals surface area contributed by atoms with Gasteiger partial charge in [0.25, 0.3) is 5.69 Å². The number of hydrogen-bond donors (Lipinski definition) is 1. The number of hydrogen-bond acceptors (Lipinski definition) is 4. The number of nitrogens with zero attached hydrogens (tertiary/aromatic N) is 1. The Balaban J connectivity index is 2.34. The minimum Gasteiger partial charge on any atom is -0.398 e. The molecule has 0 aliphatic carbocycles. The van der Waals surface area contributed by atoms with Crippen LogP contribution >= 0.6 is 23.2 Å². The largest absolute Gasteiger partial charge is 0.398 e. The number of anilines is 1. The Labute approximate surface area is 133 Å². The number of nitro benzene ring substituents is 1. The Morgan fingerprint density at radius 2 is 1.76 bits per heavy atom. The number of nitrogen functional groups attached to an aromatic ring is 1. The maximum atomic E-state index is 12.3. The van der Waals surface area contributed by atoms with Crippen molar-refractivity contribution < 1.29 is 9.13 Å². The second kappa shape index (κ2) is 6.43. The lowest BCUT2D eigenvalue weighted by molar-refractivity contribution is -0.385. The van der Waals surface area contributed by atoms with Gasteiger partial charge in [-0.05, 0) is 30.3 Å². The van der Waals surface area contributed by atoms with E-state index in [4.69, 9.17) is 28.9 Å². The van der Waals surface area contributed by atoms with Crippen LogP contribution in [0.2, 0.25) is 10.0 Å². The Morgan fingerprint density at radius 1 is 1.14 bits per heavy atom. The van der Waals surface area contributed by atoms with E-state index in [1.807, 2.05) is 0 Å². The van der Waals surface area contributed by atoms with E-state index in [2.05, 4.69) is 0 Å². The van der Waals surface area contributed by atoms with Gasteiger partial charge < -0.3 is 5.73 Å². The molecule has 2 rings (SSSR count). The van der Waals surface area contributed by atoms with Gasteiger partial charge >= 0.3 is 0 Å². The van der Waals surface area contributed by atoms with Crippen LogP contribution in [-0.2, 0) is 16.6 Å². The van der Waals surface area contributed by atoms with Gasteiger partial charge in [0.15, 0.2) is 0 Å². The Hall–Kier alpha value is -1.63. The van der Waals surface area contributed by atoms with Crippen molar-refractivity contribution in [3.8, 4) is 0 Å². The fourth-order valence-electron chi connectivity index (χ4n) is 1.77. The Bertz CT molecular complexity index is 737. The van der Waals surface area contributed by atoms with Crippen molar-refractivity contribution in [3.63, 3.8) is 0 Å². The first kappa shape index (κ1) is 15.8. The molecule has 0 saturated heterocycles. The van der Waals surface area contributed by atoms with Crippen LogP contribution in [0.15, 0.2) is 41.3 Å². The summed E-state index contributed by atoms with van der Waals surface area (Å²) in [5.74, 6) is -0.0285. The van der Waals surface area contributed by atoms with E-state index < -0.39 is 15.7 Å². The zero-order valence-corrected chi connectivity index (χ0v) is 12.9. The molecule has 1 unspecified atom stereocenters. The highest BCUT2D eigenvalue weighted by Gasteiger charge is 2.18. The smallest absolute Gasteiger partial charge is 0.275 e. The lowest BCUT2D eigenvalue weighted by Gasteiger charge is -2.07. The van der Waals surface area contributed by atoms with Gasteiger partial charge in [0.05, 0.1) is 26.4 Å². The fraction of sp³-hybridized carbons (Fsp3) is 0.0769. The van der Waals surface area contributed by atoms with Crippen LogP contribution in [0.3, 0.4) is 0 Å². The van der Waals surface area contributed by atoms with Gasteiger partial charge in [-0.1, -0.05) is 23.2 Å². The van der Waals surface area contributed by atoms with Crippen LogP contribution in [0, 0.1) is 10.1 Å². The zero-order chi connectivity index (χ0) is 15.6. The molecule has 21 heavy (non-hydrogen) atoms. The zero-order valence-electron chi connectivity index (χ0n) is 10.6. The summed E-state index contributed by atoms with van der Waals surface area (Å²) in [6, 6.07) is 8.86. The molecule has 2 N–H and O–H groups in total. The minimum atomic E-state index is -1.52. The highest BCUT2D eigenvalue weighted by molar-refractivity contribution is 7.84. The van der Waals surface area contributed by atoms with E-state index in [0.29, 0.717) is 15.5 Å². The standard InChI is InChI=1S/C13H10Cl2N2O3S/c14-9-3-4-13(11(16)5-9)21(20)7-8-1-2-10(15)6-12(8)17(18)19/h1-6H,7,16H2. The molecule has 2 aromatic rings. The van der Waals surface area contributed by atoms with Crippen LogP contribution in [0.25, 0.3) is 0 Å². The summed E-state index contributed by atoms with van der Waals surface area (Å²) in [5.41, 5.74) is 6.22. The van der Waals surface area contributed by atoms with Crippen LogP contribution in [0.4, 0.5) is 11.4 Å². The van der Waals surface area contributed by atoms with Crippen molar-refractivity contribution in [1.29, 1.82) is 0 Å². The maximum Gasteiger partial charge on any atom is 0.275 e.